The molecular weight excluding hydrogens is 409 g/mol. The highest BCUT2D eigenvalue weighted by molar-refractivity contribution is 6.32. The molecule has 1 atom stereocenters. The Balaban J connectivity index is 1.96. The lowest BCUT2D eigenvalue weighted by Gasteiger charge is -2.13. The summed E-state index contributed by atoms with van der Waals surface area (Å²) in [4.78, 5) is 11.3. The van der Waals surface area contributed by atoms with Gasteiger partial charge in [0.15, 0.2) is 6.61 Å². The Hall–Kier alpha value is -3.11. The van der Waals surface area contributed by atoms with Gasteiger partial charge >= 0.3 is 12.1 Å². The Morgan fingerprint density at radius 3 is 2.45 bits per heavy atom. The van der Waals surface area contributed by atoms with Crippen LogP contribution in [0.3, 0.4) is 0 Å². The largest absolute Gasteiger partial charge is 0.487 e. The zero-order valence-corrected chi connectivity index (χ0v) is 16.0. The van der Waals surface area contributed by atoms with E-state index in [1.807, 2.05) is 0 Å². The van der Waals surface area contributed by atoms with E-state index in [0.29, 0.717) is 11.5 Å². The normalized spacial score (nSPS) is 12.3. The number of alkyl halides is 3. The van der Waals surface area contributed by atoms with Crippen LogP contribution in [0.4, 0.5) is 13.2 Å². The highest BCUT2D eigenvalue weighted by Crippen LogP contribution is 2.36. The molecular formula is C21H16ClF3O4. The average molecular weight is 425 g/mol. The van der Waals surface area contributed by atoms with Gasteiger partial charge in [0.1, 0.15) is 23.4 Å². The van der Waals surface area contributed by atoms with Crippen molar-refractivity contribution in [1.82, 2.24) is 0 Å². The number of rotatable bonds is 7. The molecule has 2 aromatic rings. The van der Waals surface area contributed by atoms with Crippen molar-refractivity contribution < 1.29 is 32.2 Å². The van der Waals surface area contributed by atoms with E-state index < -0.39 is 23.8 Å². The van der Waals surface area contributed by atoms with Crippen LogP contribution in [-0.2, 0) is 15.7 Å². The van der Waals surface area contributed by atoms with Crippen LogP contribution < -0.4 is 9.47 Å². The van der Waals surface area contributed by atoms with Crippen molar-refractivity contribution in [1.29, 1.82) is 0 Å². The molecule has 0 spiro atoms. The van der Waals surface area contributed by atoms with Gasteiger partial charge in [-0.05, 0) is 55.5 Å². The van der Waals surface area contributed by atoms with E-state index in [4.69, 9.17) is 32.2 Å². The van der Waals surface area contributed by atoms with Gasteiger partial charge in [-0.3, -0.25) is 0 Å². The molecule has 0 amide bonds. The second-order valence-corrected chi connectivity index (χ2v) is 6.12. The van der Waals surface area contributed by atoms with Crippen molar-refractivity contribution in [2.45, 2.75) is 19.2 Å². The highest BCUT2D eigenvalue weighted by Gasteiger charge is 2.31. The predicted molar refractivity (Wildman–Crippen MR) is 102 cm³/mol. The van der Waals surface area contributed by atoms with Crippen molar-refractivity contribution in [2.75, 3.05) is 6.61 Å². The van der Waals surface area contributed by atoms with Crippen molar-refractivity contribution in [2.24, 2.45) is 0 Å². The minimum atomic E-state index is -4.48. The molecule has 8 heteroatoms. The second-order valence-electron chi connectivity index (χ2n) is 5.71. The molecule has 0 aliphatic rings. The van der Waals surface area contributed by atoms with E-state index in [1.165, 1.54) is 12.2 Å². The van der Waals surface area contributed by atoms with E-state index in [2.05, 4.69) is 5.92 Å². The summed E-state index contributed by atoms with van der Waals surface area (Å²) in [5.74, 6) is 2.55. The lowest BCUT2D eigenvalue weighted by molar-refractivity contribution is -0.138. The van der Waals surface area contributed by atoms with Crippen LogP contribution in [0.2, 0.25) is 5.02 Å². The van der Waals surface area contributed by atoms with E-state index in [9.17, 15) is 18.0 Å². The fraction of sp³-hybridized carbons (Fsp3) is 0.190. The first kappa shape index (κ1) is 22.2. The molecule has 0 aliphatic heterocycles. The van der Waals surface area contributed by atoms with Crippen LogP contribution in [0.1, 0.15) is 12.5 Å². The maximum atomic E-state index is 12.7. The van der Waals surface area contributed by atoms with Gasteiger partial charge in [0.25, 0.3) is 0 Å². The van der Waals surface area contributed by atoms with Gasteiger partial charge in [0.05, 0.1) is 10.6 Å². The van der Waals surface area contributed by atoms with Gasteiger partial charge < -0.3 is 14.2 Å². The molecule has 1 unspecified atom stereocenters. The summed E-state index contributed by atoms with van der Waals surface area (Å²) in [5, 5.41) is -0.157. The van der Waals surface area contributed by atoms with Crippen molar-refractivity contribution in [3.63, 3.8) is 0 Å². The standard InChI is InChI=1S/C21H16ClF3O4/c1-3-12-27-20(26)11-4-14(2)28-16-6-8-17(9-7-16)29-19-10-5-15(13-18(19)22)21(23,24)25/h1,4-11,13-14H,12H2,2H3/b11-4+. The molecule has 29 heavy (non-hydrogen) atoms. The zero-order valence-electron chi connectivity index (χ0n) is 15.2. The molecule has 0 fully saturated rings. The Morgan fingerprint density at radius 2 is 1.86 bits per heavy atom. The number of terminal acetylenes is 1. The average Bonchev–Trinajstić information content (AvgIpc) is 2.67. The second kappa shape index (κ2) is 9.89. The minimum absolute atomic E-state index is 0.0927. The molecule has 0 N–H and O–H groups in total. The Bertz CT molecular complexity index is 915. The molecule has 152 valence electrons. The number of hydrogen-bond acceptors (Lipinski definition) is 4. The zero-order chi connectivity index (χ0) is 21.4. The van der Waals surface area contributed by atoms with Crippen LogP contribution in [-0.4, -0.2) is 18.7 Å². The van der Waals surface area contributed by atoms with Crippen LogP contribution in [0, 0.1) is 12.3 Å². The maximum Gasteiger partial charge on any atom is 0.416 e. The Morgan fingerprint density at radius 1 is 1.21 bits per heavy atom. The SMILES string of the molecule is C#CCOC(=O)/C=C/C(C)Oc1ccc(Oc2ccc(C(F)(F)F)cc2Cl)cc1. The van der Waals surface area contributed by atoms with Crippen LogP contribution >= 0.6 is 11.6 Å². The lowest BCUT2D eigenvalue weighted by Crippen LogP contribution is -2.09. The summed E-state index contributed by atoms with van der Waals surface area (Å²) in [5.41, 5.74) is -0.858. The third-order valence-corrected chi connectivity index (χ3v) is 3.73. The van der Waals surface area contributed by atoms with Gasteiger partial charge in [-0.2, -0.15) is 13.2 Å². The monoisotopic (exact) mass is 424 g/mol. The molecule has 2 aromatic carbocycles. The summed E-state index contributed by atoms with van der Waals surface area (Å²) < 4.78 is 53.8. The van der Waals surface area contributed by atoms with Gasteiger partial charge in [-0.15, -0.1) is 6.42 Å². The van der Waals surface area contributed by atoms with Gasteiger partial charge in [0, 0.05) is 6.08 Å². The molecule has 0 bridgehead atoms. The van der Waals surface area contributed by atoms with E-state index in [0.717, 1.165) is 18.2 Å². The first-order valence-corrected chi connectivity index (χ1v) is 8.66. The lowest BCUT2D eigenvalue weighted by atomic mass is 10.2. The first-order chi connectivity index (χ1) is 13.7. The minimum Gasteiger partial charge on any atom is -0.487 e. The summed E-state index contributed by atoms with van der Waals surface area (Å²) in [7, 11) is 0. The number of halogens is 4. The van der Waals surface area contributed by atoms with Crippen molar-refractivity contribution in [3.8, 4) is 29.6 Å². The molecule has 4 nitrogen and oxygen atoms in total. The molecule has 0 radical (unpaired) electrons. The van der Waals surface area contributed by atoms with Crippen molar-refractivity contribution >= 4 is 17.6 Å². The first-order valence-electron chi connectivity index (χ1n) is 8.29. The molecule has 0 saturated heterocycles. The molecule has 0 aromatic heterocycles. The summed E-state index contributed by atoms with van der Waals surface area (Å²) in [6.45, 7) is 1.61. The Labute approximate surface area is 170 Å². The predicted octanol–water partition coefficient (Wildman–Crippen LogP) is 5.65. The van der Waals surface area contributed by atoms with E-state index >= 15 is 0 Å². The number of carbonyl (C=O) groups excluding carboxylic acids is 1. The van der Waals surface area contributed by atoms with Crippen LogP contribution in [0.15, 0.2) is 54.6 Å². The smallest absolute Gasteiger partial charge is 0.416 e. The maximum absolute atomic E-state index is 12.7. The third-order valence-electron chi connectivity index (χ3n) is 3.43. The summed E-state index contributed by atoms with van der Waals surface area (Å²) in [6, 6.07) is 9.20. The highest BCUT2D eigenvalue weighted by atomic mass is 35.5. The van der Waals surface area contributed by atoms with Crippen LogP contribution in [0.5, 0.6) is 17.2 Å². The molecule has 2 rings (SSSR count). The molecule has 0 saturated carbocycles. The number of benzene rings is 2. The third kappa shape index (κ3) is 7.09. The van der Waals surface area contributed by atoms with Gasteiger partial charge in [-0.1, -0.05) is 17.5 Å². The fourth-order valence-electron chi connectivity index (χ4n) is 2.10. The number of ether oxygens (including phenoxy) is 3. The van der Waals surface area contributed by atoms with Gasteiger partial charge in [0.2, 0.25) is 0 Å². The number of carbonyl (C=O) groups is 1. The van der Waals surface area contributed by atoms with E-state index in [-0.39, 0.29) is 17.4 Å². The van der Waals surface area contributed by atoms with E-state index in [1.54, 1.807) is 31.2 Å². The fourth-order valence-corrected chi connectivity index (χ4v) is 2.32. The quantitative estimate of drug-likeness (QED) is 0.327. The summed E-state index contributed by atoms with van der Waals surface area (Å²) >= 11 is 5.87. The number of esters is 1. The molecule has 0 aliphatic carbocycles. The Kier molecular flexibility index (Phi) is 7.57. The topological polar surface area (TPSA) is 44.8 Å². The summed E-state index contributed by atoms with van der Waals surface area (Å²) in [6.07, 6.45) is 2.80. The van der Waals surface area contributed by atoms with Crippen molar-refractivity contribution in [3.05, 3.63) is 65.2 Å². The van der Waals surface area contributed by atoms with Crippen LogP contribution in [0.25, 0.3) is 0 Å². The van der Waals surface area contributed by atoms with Gasteiger partial charge in [-0.25, -0.2) is 4.79 Å². The number of hydrogen-bond donors (Lipinski definition) is 0. The molecule has 0 heterocycles.